The van der Waals surface area contributed by atoms with E-state index in [-0.39, 0.29) is 18.6 Å². The van der Waals surface area contributed by atoms with E-state index in [1.54, 1.807) is 36.4 Å². The summed E-state index contributed by atoms with van der Waals surface area (Å²) >= 11 is 0. The molecule has 0 saturated heterocycles. The van der Waals surface area contributed by atoms with Crippen LogP contribution in [0.15, 0.2) is 42.5 Å². The minimum absolute atomic E-state index is 0.0580. The second kappa shape index (κ2) is 9.88. The van der Waals surface area contributed by atoms with E-state index in [9.17, 15) is 14.4 Å². The van der Waals surface area contributed by atoms with Gasteiger partial charge in [-0.1, -0.05) is 23.8 Å². The highest BCUT2D eigenvalue weighted by atomic mass is 16.5. The van der Waals surface area contributed by atoms with Crippen LogP contribution < -0.4 is 10.1 Å². The van der Waals surface area contributed by atoms with Gasteiger partial charge in [0.25, 0.3) is 5.91 Å². The standard InChI is InChI=1S/C21H20N2O5/c1-14-7-9-19(27-2)16(11-14)18(24)8-10-21(26)28-13-20(25)23-17-6-4-3-5-15(17)12-22/h3-7,9,11H,8,10,13H2,1-2H3,(H,23,25). The molecule has 0 radical (unpaired) electrons. The topological polar surface area (TPSA) is 105 Å². The lowest BCUT2D eigenvalue weighted by Crippen LogP contribution is -2.21. The fourth-order valence-corrected chi connectivity index (χ4v) is 2.48. The molecule has 0 spiro atoms. The number of anilines is 1. The SMILES string of the molecule is COc1ccc(C)cc1C(=O)CCC(=O)OCC(=O)Nc1ccccc1C#N. The van der Waals surface area contributed by atoms with E-state index in [1.165, 1.54) is 7.11 Å². The molecule has 0 aliphatic heterocycles. The first-order valence-corrected chi connectivity index (χ1v) is 8.57. The largest absolute Gasteiger partial charge is 0.496 e. The van der Waals surface area contributed by atoms with Gasteiger partial charge in [0.2, 0.25) is 0 Å². The van der Waals surface area contributed by atoms with Crippen LogP contribution in [0.3, 0.4) is 0 Å². The van der Waals surface area contributed by atoms with Gasteiger partial charge in [-0.2, -0.15) is 5.26 Å². The highest BCUT2D eigenvalue weighted by Crippen LogP contribution is 2.21. The number of nitriles is 1. The van der Waals surface area contributed by atoms with Crippen molar-refractivity contribution in [3.8, 4) is 11.8 Å². The number of hydrogen-bond acceptors (Lipinski definition) is 6. The third-order valence-electron chi connectivity index (χ3n) is 3.90. The Kier molecular flexibility index (Phi) is 7.28. The minimum atomic E-state index is -0.663. The second-order valence-electron chi connectivity index (χ2n) is 5.99. The summed E-state index contributed by atoms with van der Waals surface area (Å²) in [6, 6.07) is 13.7. The van der Waals surface area contributed by atoms with Gasteiger partial charge in [-0.3, -0.25) is 14.4 Å². The number of nitrogens with zero attached hydrogens (tertiary/aromatic N) is 1. The van der Waals surface area contributed by atoms with E-state index in [2.05, 4.69) is 5.32 Å². The quantitative estimate of drug-likeness (QED) is 0.557. The third kappa shape index (κ3) is 5.68. The van der Waals surface area contributed by atoms with Crippen LogP contribution in [0.5, 0.6) is 5.75 Å². The summed E-state index contributed by atoms with van der Waals surface area (Å²) < 4.78 is 10.1. The molecule has 2 rings (SSSR count). The van der Waals surface area contributed by atoms with E-state index < -0.39 is 18.5 Å². The molecule has 1 amide bonds. The number of rotatable bonds is 8. The molecule has 0 unspecified atom stereocenters. The number of benzene rings is 2. The Hall–Kier alpha value is -3.66. The van der Waals surface area contributed by atoms with Gasteiger partial charge in [0.05, 0.1) is 30.3 Å². The molecule has 0 heterocycles. The molecular weight excluding hydrogens is 360 g/mol. The number of carbonyl (C=O) groups is 3. The molecular formula is C21H20N2O5. The number of esters is 1. The van der Waals surface area contributed by atoms with Gasteiger partial charge < -0.3 is 14.8 Å². The van der Waals surface area contributed by atoms with Crippen LogP contribution in [0, 0.1) is 18.3 Å². The maximum Gasteiger partial charge on any atom is 0.306 e. The van der Waals surface area contributed by atoms with Gasteiger partial charge >= 0.3 is 5.97 Å². The average Bonchev–Trinajstić information content (AvgIpc) is 2.70. The van der Waals surface area contributed by atoms with Crippen LogP contribution in [0.2, 0.25) is 0 Å². The van der Waals surface area contributed by atoms with E-state index in [1.807, 2.05) is 19.1 Å². The average molecular weight is 380 g/mol. The molecule has 0 aliphatic carbocycles. The lowest BCUT2D eigenvalue weighted by Gasteiger charge is -2.09. The highest BCUT2D eigenvalue weighted by molar-refractivity contribution is 6.00. The van der Waals surface area contributed by atoms with Crippen molar-refractivity contribution in [1.29, 1.82) is 5.26 Å². The zero-order valence-corrected chi connectivity index (χ0v) is 15.7. The number of ketones is 1. The van der Waals surface area contributed by atoms with Crippen molar-refractivity contribution in [2.45, 2.75) is 19.8 Å². The summed E-state index contributed by atoms with van der Waals surface area (Å²) in [7, 11) is 1.47. The number of amides is 1. The van der Waals surface area contributed by atoms with Gasteiger partial charge in [0.1, 0.15) is 11.8 Å². The smallest absolute Gasteiger partial charge is 0.306 e. The summed E-state index contributed by atoms with van der Waals surface area (Å²) in [4.78, 5) is 36.1. The predicted molar refractivity (Wildman–Crippen MR) is 102 cm³/mol. The van der Waals surface area contributed by atoms with Gasteiger partial charge in [-0.25, -0.2) is 0 Å². The molecule has 7 heteroatoms. The first kappa shape index (κ1) is 20.6. The second-order valence-corrected chi connectivity index (χ2v) is 5.99. The zero-order chi connectivity index (χ0) is 20.5. The monoisotopic (exact) mass is 380 g/mol. The van der Waals surface area contributed by atoms with Gasteiger partial charge in [0.15, 0.2) is 12.4 Å². The van der Waals surface area contributed by atoms with Crippen molar-refractivity contribution in [3.63, 3.8) is 0 Å². The molecule has 0 atom stereocenters. The fourth-order valence-electron chi connectivity index (χ4n) is 2.48. The molecule has 2 aromatic rings. The number of aryl methyl sites for hydroxylation is 1. The maximum absolute atomic E-state index is 12.3. The Morgan fingerprint density at radius 1 is 1.11 bits per heavy atom. The number of ether oxygens (including phenoxy) is 2. The maximum atomic E-state index is 12.3. The summed E-state index contributed by atoms with van der Waals surface area (Å²) in [5, 5.41) is 11.5. The van der Waals surface area contributed by atoms with E-state index in [0.717, 1.165) is 5.56 Å². The molecule has 7 nitrogen and oxygen atoms in total. The van der Waals surface area contributed by atoms with Crippen LogP contribution in [0.25, 0.3) is 0 Å². The van der Waals surface area contributed by atoms with Crippen LogP contribution >= 0.6 is 0 Å². The molecule has 28 heavy (non-hydrogen) atoms. The number of para-hydroxylation sites is 1. The van der Waals surface area contributed by atoms with Crippen LogP contribution in [-0.2, 0) is 14.3 Å². The Balaban J connectivity index is 1.83. The number of carbonyl (C=O) groups excluding carboxylic acids is 3. The molecule has 1 N–H and O–H groups in total. The summed E-state index contributed by atoms with van der Waals surface area (Å²) in [6.07, 6.45) is -0.213. The molecule has 144 valence electrons. The molecule has 0 aliphatic rings. The lowest BCUT2D eigenvalue weighted by atomic mass is 10.0. The van der Waals surface area contributed by atoms with E-state index in [4.69, 9.17) is 14.7 Å². The van der Waals surface area contributed by atoms with Crippen LogP contribution in [0.4, 0.5) is 5.69 Å². The van der Waals surface area contributed by atoms with Crippen molar-refractivity contribution in [3.05, 3.63) is 59.2 Å². The van der Waals surface area contributed by atoms with Crippen LogP contribution in [-0.4, -0.2) is 31.4 Å². The zero-order valence-electron chi connectivity index (χ0n) is 15.7. The summed E-state index contributed by atoms with van der Waals surface area (Å²) in [5.74, 6) is -1.03. The lowest BCUT2D eigenvalue weighted by molar-refractivity contribution is -0.147. The molecule has 0 fully saturated rings. The summed E-state index contributed by atoms with van der Waals surface area (Å²) in [5.41, 5.74) is 1.95. The first-order chi connectivity index (χ1) is 13.4. The van der Waals surface area contributed by atoms with Crippen LogP contribution in [0.1, 0.15) is 34.3 Å². The Bertz CT molecular complexity index is 931. The number of methoxy groups -OCH3 is 1. The normalized spacial score (nSPS) is 9.89. The Labute approximate surface area is 162 Å². The predicted octanol–water partition coefficient (Wildman–Crippen LogP) is 3.02. The number of hydrogen-bond donors (Lipinski definition) is 1. The third-order valence-corrected chi connectivity index (χ3v) is 3.90. The van der Waals surface area contributed by atoms with Crippen molar-refractivity contribution >= 4 is 23.3 Å². The van der Waals surface area contributed by atoms with Crippen molar-refractivity contribution in [1.82, 2.24) is 0 Å². The highest BCUT2D eigenvalue weighted by Gasteiger charge is 2.16. The van der Waals surface area contributed by atoms with Crippen molar-refractivity contribution in [2.75, 3.05) is 19.0 Å². The molecule has 0 saturated carbocycles. The Morgan fingerprint density at radius 2 is 1.86 bits per heavy atom. The number of nitrogens with one attached hydrogen (secondary N) is 1. The van der Waals surface area contributed by atoms with Crippen molar-refractivity contribution < 1.29 is 23.9 Å². The van der Waals surface area contributed by atoms with Gasteiger partial charge in [-0.05, 0) is 31.2 Å². The first-order valence-electron chi connectivity index (χ1n) is 8.57. The van der Waals surface area contributed by atoms with E-state index in [0.29, 0.717) is 22.6 Å². The molecule has 0 aromatic heterocycles. The molecule has 2 aromatic carbocycles. The fraction of sp³-hybridized carbons (Fsp3) is 0.238. The minimum Gasteiger partial charge on any atom is -0.496 e. The van der Waals surface area contributed by atoms with Gasteiger partial charge in [-0.15, -0.1) is 0 Å². The van der Waals surface area contributed by atoms with Crippen molar-refractivity contribution in [2.24, 2.45) is 0 Å². The van der Waals surface area contributed by atoms with Gasteiger partial charge in [0, 0.05) is 6.42 Å². The number of Topliss-reactive ketones (excluding diaryl/α,β-unsaturated/α-hetero) is 1. The van der Waals surface area contributed by atoms with E-state index >= 15 is 0 Å². The Morgan fingerprint density at radius 3 is 2.57 bits per heavy atom. The molecule has 0 bridgehead atoms. The summed E-state index contributed by atoms with van der Waals surface area (Å²) in [6.45, 7) is 1.36.